The van der Waals surface area contributed by atoms with Crippen LogP contribution in [0.15, 0.2) is 32.8 Å². The topological polar surface area (TPSA) is 97.3 Å². The van der Waals surface area contributed by atoms with Gasteiger partial charge in [-0.15, -0.1) is 21.5 Å². The summed E-state index contributed by atoms with van der Waals surface area (Å²) in [7, 11) is 0. The van der Waals surface area contributed by atoms with E-state index in [1.807, 2.05) is 12.3 Å². The molecule has 9 heteroatoms. The first-order chi connectivity index (χ1) is 12.7. The fourth-order valence-corrected chi connectivity index (χ4v) is 3.72. The number of aryl methyl sites for hydroxylation is 1. The smallest absolute Gasteiger partial charge is 0.250 e. The number of thiazole rings is 1. The first-order valence-corrected chi connectivity index (χ1v) is 9.35. The van der Waals surface area contributed by atoms with E-state index in [9.17, 15) is 4.79 Å². The van der Waals surface area contributed by atoms with Crippen LogP contribution in [-0.2, 0) is 4.79 Å². The van der Waals surface area contributed by atoms with E-state index in [0.29, 0.717) is 23.5 Å². The molecule has 1 fully saturated rings. The molecule has 1 aliphatic heterocycles. The molecule has 26 heavy (non-hydrogen) atoms. The molecule has 3 aromatic heterocycles. The van der Waals surface area contributed by atoms with E-state index < -0.39 is 0 Å². The molecule has 1 saturated heterocycles. The summed E-state index contributed by atoms with van der Waals surface area (Å²) in [4.78, 5) is 18.5. The number of rotatable bonds is 5. The van der Waals surface area contributed by atoms with Gasteiger partial charge in [0, 0.05) is 11.3 Å². The van der Waals surface area contributed by atoms with Crippen LogP contribution >= 0.6 is 11.3 Å². The Morgan fingerprint density at radius 1 is 1.38 bits per heavy atom. The average Bonchev–Trinajstić information content (AvgIpc) is 3.36. The van der Waals surface area contributed by atoms with Gasteiger partial charge >= 0.3 is 0 Å². The van der Waals surface area contributed by atoms with Crippen molar-refractivity contribution in [2.75, 3.05) is 25.0 Å². The Kier molecular flexibility index (Phi) is 4.81. The molecule has 0 radical (unpaired) electrons. The summed E-state index contributed by atoms with van der Waals surface area (Å²) >= 11 is 1.44. The number of amides is 1. The number of carbonyl (C=O) groups is 1. The lowest BCUT2D eigenvalue weighted by molar-refractivity contribution is -0.117. The Hall–Kier alpha value is -2.52. The number of furan rings is 1. The molecule has 3 aromatic rings. The number of hydrogen-bond donors (Lipinski definition) is 1. The zero-order chi connectivity index (χ0) is 17.9. The van der Waals surface area contributed by atoms with Crippen LogP contribution in [0.5, 0.6) is 0 Å². The maximum atomic E-state index is 12.1. The molecule has 0 aliphatic carbocycles. The molecule has 1 amide bonds. The van der Waals surface area contributed by atoms with Gasteiger partial charge < -0.3 is 14.2 Å². The van der Waals surface area contributed by atoms with Gasteiger partial charge in [0.2, 0.25) is 11.8 Å². The normalized spacial score (nSPS) is 16.0. The molecular weight excluding hydrogens is 354 g/mol. The molecule has 0 spiro atoms. The number of carbonyl (C=O) groups excluding carboxylic acids is 1. The molecular formula is C17H19N5O3S. The predicted molar refractivity (Wildman–Crippen MR) is 95.9 cm³/mol. The zero-order valence-corrected chi connectivity index (χ0v) is 15.2. The van der Waals surface area contributed by atoms with Gasteiger partial charge in [-0.05, 0) is 38.9 Å². The van der Waals surface area contributed by atoms with E-state index in [2.05, 4.69) is 25.4 Å². The fourth-order valence-electron chi connectivity index (χ4n) is 3.01. The molecule has 0 atom stereocenters. The lowest BCUT2D eigenvalue weighted by atomic mass is 9.97. The summed E-state index contributed by atoms with van der Waals surface area (Å²) in [5.74, 6) is 1.33. The van der Waals surface area contributed by atoms with Crippen LogP contribution in [-0.4, -0.2) is 45.6 Å². The highest BCUT2D eigenvalue weighted by atomic mass is 32.1. The van der Waals surface area contributed by atoms with Crippen LogP contribution in [0.25, 0.3) is 11.5 Å². The second-order valence-corrected chi connectivity index (χ2v) is 7.21. The van der Waals surface area contributed by atoms with Gasteiger partial charge in [0.05, 0.1) is 24.1 Å². The van der Waals surface area contributed by atoms with Crippen molar-refractivity contribution in [2.24, 2.45) is 0 Å². The Labute approximate surface area is 154 Å². The molecule has 1 N–H and O–H groups in total. The number of aromatic nitrogens is 3. The summed E-state index contributed by atoms with van der Waals surface area (Å²) < 4.78 is 10.8. The van der Waals surface area contributed by atoms with E-state index >= 15 is 0 Å². The summed E-state index contributed by atoms with van der Waals surface area (Å²) in [6.07, 6.45) is 4.94. The van der Waals surface area contributed by atoms with E-state index in [1.54, 1.807) is 18.6 Å². The van der Waals surface area contributed by atoms with Crippen molar-refractivity contribution in [3.05, 3.63) is 35.6 Å². The van der Waals surface area contributed by atoms with E-state index in [1.165, 1.54) is 11.3 Å². The summed E-state index contributed by atoms with van der Waals surface area (Å²) in [6, 6.07) is 1.79. The second kappa shape index (κ2) is 7.38. The Bertz CT molecular complexity index is 865. The van der Waals surface area contributed by atoms with Crippen molar-refractivity contribution < 1.29 is 13.6 Å². The number of nitrogens with zero attached hydrogens (tertiary/aromatic N) is 4. The van der Waals surface area contributed by atoms with Gasteiger partial charge in [0.25, 0.3) is 5.89 Å². The summed E-state index contributed by atoms with van der Waals surface area (Å²) in [6.45, 7) is 3.92. The van der Waals surface area contributed by atoms with Crippen molar-refractivity contribution >= 4 is 22.4 Å². The molecule has 0 aromatic carbocycles. The maximum absolute atomic E-state index is 12.1. The third kappa shape index (κ3) is 3.83. The van der Waals surface area contributed by atoms with Crippen molar-refractivity contribution in [3.63, 3.8) is 0 Å². The van der Waals surface area contributed by atoms with Crippen molar-refractivity contribution in [2.45, 2.75) is 25.7 Å². The quantitative estimate of drug-likeness (QED) is 0.734. The maximum Gasteiger partial charge on any atom is 0.250 e. The van der Waals surface area contributed by atoms with Gasteiger partial charge in [-0.25, -0.2) is 4.98 Å². The molecule has 136 valence electrons. The minimum absolute atomic E-state index is 0.0298. The van der Waals surface area contributed by atoms with Crippen molar-refractivity contribution in [3.8, 4) is 11.5 Å². The van der Waals surface area contributed by atoms with Crippen LogP contribution in [0.1, 0.15) is 30.3 Å². The molecule has 0 saturated carbocycles. The monoisotopic (exact) mass is 373 g/mol. The number of anilines is 1. The Balaban J connectivity index is 1.28. The molecule has 8 nitrogen and oxygen atoms in total. The average molecular weight is 373 g/mol. The Morgan fingerprint density at radius 2 is 2.23 bits per heavy atom. The largest absolute Gasteiger partial charge is 0.472 e. The predicted octanol–water partition coefficient (Wildman–Crippen LogP) is 2.91. The van der Waals surface area contributed by atoms with E-state index in [0.717, 1.165) is 37.2 Å². The van der Waals surface area contributed by atoms with Crippen molar-refractivity contribution in [1.29, 1.82) is 0 Å². The number of piperidine rings is 1. The van der Waals surface area contributed by atoms with Gasteiger partial charge in [-0.1, -0.05) is 0 Å². The van der Waals surface area contributed by atoms with Crippen LogP contribution in [0.2, 0.25) is 0 Å². The van der Waals surface area contributed by atoms with E-state index in [-0.39, 0.29) is 11.8 Å². The molecule has 0 unspecified atom stereocenters. The van der Waals surface area contributed by atoms with Gasteiger partial charge in [-0.2, -0.15) is 0 Å². The highest BCUT2D eigenvalue weighted by molar-refractivity contribution is 7.13. The molecule has 4 heterocycles. The van der Waals surface area contributed by atoms with Gasteiger partial charge in [0.1, 0.15) is 6.26 Å². The van der Waals surface area contributed by atoms with Gasteiger partial charge in [0.15, 0.2) is 5.13 Å². The molecule has 4 rings (SSSR count). The first-order valence-electron chi connectivity index (χ1n) is 8.47. The van der Waals surface area contributed by atoms with Crippen LogP contribution in [0.4, 0.5) is 5.13 Å². The lowest BCUT2D eigenvalue weighted by Gasteiger charge is -2.29. The number of nitrogens with one attached hydrogen (secondary N) is 1. The first kappa shape index (κ1) is 16.9. The standard InChI is InChI=1S/C17H19N5O3S/c1-11-10-26-17(18-11)19-14(23)8-22-5-2-12(3-6-22)15-20-21-16(25-15)13-4-7-24-9-13/h4,7,9-10,12H,2-3,5-6,8H2,1H3,(H,18,19,23). The summed E-state index contributed by atoms with van der Waals surface area (Å²) in [5.41, 5.74) is 1.70. The number of likely N-dealkylation sites (tertiary alicyclic amines) is 1. The highest BCUT2D eigenvalue weighted by Crippen LogP contribution is 2.29. The van der Waals surface area contributed by atoms with Crippen LogP contribution in [0, 0.1) is 6.92 Å². The third-order valence-corrected chi connectivity index (χ3v) is 5.25. The SMILES string of the molecule is Cc1csc(NC(=O)CN2CCC(c3nnc(-c4ccoc4)o3)CC2)n1. The Morgan fingerprint density at radius 3 is 2.92 bits per heavy atom. The van der Waals surface area contributed by atoms with Crippen LogP contribution in [0.3, 0.4) is 0 Å². The second-order valence-electron chi connectivity index (χ2n) is 6.35. The lowest BCUT2D eigenvalue weighted by Crippen LogP contribution is -2.38. The van der Waals surface area contributed by atoms with Crippen molar-refractivity contribution in [1.82, 2.24) is 20.1 Å². The molecule has 0 bridgehead atoms. The van der Waals surface area contributed by atoms with Crippen LogP contribution < -0.4 is 5.32 Å². The zero-order valence-electron chi connectivity index (χ0n) is 14.3. The molecule has 1 aliphatic rings. The minimum atomic E-state index is -0.0298. The minimum Gasteiger partial charge on any atom is -0.472 e. The van der Waals surface area contributed by atoms with E-state index in [4.69, 9.17) is 8.83 Å². The highest BCUT2D eigenvalue weighted by Gasteiger charge is 2.26. The van der Waals surface area contributed by atoms with Gasteiger partial charge in [-0.3, -0.25) is 9.69 Å². The third-order valence-electron chi connectivity index (χ3n) is 4.38. The fraction of sp³-hybridized carbons (Fsp3) is 0.412. The number of hydrogen-bond acceptors (Lipinski definition) is 8. The summed E-state index contributed by atoms with van der Waals surface area (Å²) in [5, 5.41) is 13.7.